The van der Waals surface area contributed by atoms with Crippen LogP contribution in [0.5, 0.6) is 5.88 Å². The Morgan fingerprint density at radius 3 is 2.73 bits per heavy atom. The van der Waals surface area contributed by atoms with Gasteiger partial charge in [-0.3, -0.25) is 4.79 Å². The van der Waals surface area contributed by atoms with Gasteiger partial charge in [0.2, 0.25) is 5.88 Å². The van der Waals surface area contributed by atoms with Gasteiger partial charge in [0, 0.05) is 25.2 Å². The van der Waals surface area contributed by atoms with E-state index in [0.717, 1.165) is 31.7 Å². The van der Waals surface area contributed by atoms with Crippen molar-refractivity contribution >= 4 is 17.4 Å². The van der Waals surface area contributed by atoms with Gasteiger partial charge in [-0.1, -0.05) is 0 Å². The number of hydrogen-bond donors (Lipinski definition) is 1. The highest BCUT2D eigenvalue weighted by Gasteiger charge is 2.16. The predicted octanol–water partition coefficient (Wildman–Crippen LogP) is 1.73. The third-order valence-corrected chi connectivity index (χ3v) is 3.52. The number of ether oxygens (including phenoxy) is 1. The lowest BCUT2D eigenvalue weighted by Crippen LogP contribution is -2.21. The molecule has 0 saturated carbocycles. The fraction of sp³-hybridized carbons (Fsp3) is 0.333. The lowest BCUT2D eigenvalue weighted by molar-refractivity contribution is 0.102. The second-order valence-electron chi connectivity index (χ2n) is 5.00. The molecule has 7 nitrogen and oxygen atoms in total. The Morgan fingerprint density at radius 2 is 2.05 bits per heavy atom. The molecule has 2 aromatic rings. The fourth-order valence-corrected chi connectivity index (χ4v) is 2.36. The Balaban J connectivity index is 1.72. The normalized spacial score (nSPS) is 14.0. The van der Waals surface area contributed by atoms with Crippen LogP contribution in [-0.2, 0) is 0 Å². The molecule has 0 bridgehead atoms. The zero-order valence-electron chi connectivity index (χ0n) is 12.3. The van der Waals surface area contributed by atoms with Gasteiger partial charge in [0.15, 0.2) is 0 Å². The number of anilines is 2. The molecule has 0 spiro atoms. The van der Waals surface area contributed by atoms with Gasteiger partial charge in [-0.2, -0.15) is 0 Å². The number of aromatic nitrogens is 3. The van der Waals surface area contributed by atoms with E-state index in [2.05, 4.69) is 25.2 Å². The van der Waals surface area contributed by atoms with Crippen LogP contribution in [0.15, 0.2) is 30.7 Å². The monoisotopic (exact) mass is 299 g/mol. The first-order chi connectivity index (χ1) is 10.8. The van der Waals surface area contributed by atoms with Crippen molar-refractivity contribution in [1.29, 1.82) is 0 Å². The third-order valence-electron chi connectivity index (χ3n) is 3.52. The number of amides is 1. The average molecular weight is 299 g/mol. The molecule has 3 heterocycles. The van der Waals surface area contributed by atoms with Gasteiger partial charge in [0.25, 0.3) is 5.91 Å². The predicted molar refractivity (Wildman–Crippen MR) is 82.2 cm³/mol. The molecule has 0 aliphatic carbocycles. The molecule has 2 aromatic heterocycles. The average Bonchev–Trinajstić information content (AvgIpc) is 3.10. The number of carbonyl (C=O) groups is 1. The van der Waals surface area contributed by atoms with Crippen LogP contribution in [0.4, 0.5) is 11.5 Å². The molecule has 0 aromatic carbocycles. The quantitative estimate of drug-likeness (QED) is 0.926. The van der Waals surface area contributed by atoms with E-state index >= 15 is 0 Å². The van der Waals surface area contributed by atoms with E-state index in [1.54, 1.807) is 31.5 Å². The first-order valence-corrected chi connectivity index (χ1v) is 7.14. The summed E-state index contributed by atoms with van der Waals surface area (Å²) < 4.78 is 4.98. The molecule has 1 amide bonds. The number of rotatable bonds is 4. The van der Waals surface area contributed by atoms with Gasteiger partial charge in [-0.25, -0.2) is 15.0 Å². The Kier molecular flexibility index (Phi) is 4.13. The lowest BCUT2D eigenvalue weighted by Gasteiger charge is -2.16. The molecule has 1 N–H and O–H groups in total. The Bertz CT molecular complexity index is 653. The SMILES string of the molecule is COc1ccc(NC(=O)c2cc(N3CCCC3)ncn2)cn1. The zero-order valence-corrected chi connectivity index (χ0v) is 12.3. The van der Waals surface area contributed by atoms with Crippen LogP contribution in [0.3, 0.4) is 0 Å². The molecule has 0 atom stereocenters. The van der Waals surface area contributed by atoms with Gasteiger partial charge in [-0.05, 0) is 18.9 Å². The molecule has 7 heteroatoms. The van der Waals surface area contributed by atoms with Crippen molar-refractivity contribution in [2.24, 2.45) is 0 Å². The van der Waals surface area contributed by atoms with E-state index in [-0.39, 0.29) is 5.91 Å². The highest BCUT2D eigenvalue weighted by atomic mass is 16.5. The molecule has 1 aliphatic rings. The molecule has 1 fully saturated rings. The molecule has 3 rings (SSSR count). The Labute approximate surface area is 128 Å². The minimum absolute atomic E-state index is 0.283. The molecule has 0 unspecified atom stereocenters. The fourth-order valence-electron chi connectivity index (χ4n) is 2.36. The third kappa shape index (κ3) is 3.13. The van der Waals surface area contributed by atoms with E-state index in [9.17, 15) is 4.79 Å². The van der Waals surface area contributed by atoms with Crippen LogP contribution < -0.4 is 15.0 Å². The van der Waals surface area contributed by atoms with Crippen molar-refractivity contribution in [3.63, 3.8) is 0 Å². The molecule has 0 radical (unpaired) electrons. The van der Waals surface area contributed by atoms with Crippen LogP contribution in [-0.4, -0.2) is 41.1 Å². The summed E-state index contributed by atoms with van der Waals surface area (Å²) in [4.78, 5) is 26.7. The van der Waals surface area contributed by atoms with Crippen LogP contribution in [0, 0.1) is 0 Å². The van der Waals surface area contributed by atoms with Gasteiger partial charge < -0.3 is 15.0 Å². The molecule has 22 heavy (non-hydrogen) atoms. The largest absolute Gasteiger partial charge is 0.481 e. The van der Waals surface area contributed by atoms with Crippen molar-refractivity contribution < 1.29 is 9.53 Å². The summed E-state index contributed by atoms with van der Waals surface area (Å²) in [6.45, 7) is 1.95. The number of carbonyl (C=O) groups excluding carboxylic acids is 1. The summed E-state index contributed by atoms with van der Waals surface area (Å²) >= 11 is 0. The molecule has 1 saturated heterocycles. The van der Waals surface area contributed by atoms with Crippen LogP contribution in [0.1, 0.15) is 23.3 Å². The standard InChI is InChI=1S/C15H17N5O2/c1-22-14-5-4-11(9-16-14)19-15(21)12-8-13(18-10-17-12)20-6-2-3-7-20/h4-5,8-10H,2-3,6-7H2,1H3,(H,19,21). The summed E-state index contributed by atoms with van der Waals surface area (Å²) in [6, 6.07) is 5.13. The number of nitrogens with one attached hydrogen (secondary N) is 1. The van der Waals surface area contributed by atoms with E-state index in [1.165, 1.54) is 6.33 Å². The maximum Gasteiger partial charge on any atom is 0.274 e. The lowest BCUT2D eigenvalue weighted by atomic mass is 10.3. The van der Waals surface area contributed by atoms with Crippen LogP contribution in [0.2, 0.25) is 0 Å². The van der Waals surface area contributed by atoms with E-state index in [1.807, 2.05) is 0 Å². The number of nitrogens with zero attached hydrogens (tertiary/aromatic N) is 4. The first kappa shape index (κ1) is 14.2. The number of hydrogen-bond acceptors (Lipinski definition) is 6. The van der Waals surface area contributed by atoms with E-state index in [0.29, 0.717) is 17.3 Å². The summed E-state index contributed by atoms with van der Waals surface area (Å²) in [6.07, 6.45) is 5.28. The summed E-state index contributed by atoms with van der Waals surface area (Å²) in [5, 5.41) is 2.76. The smallest absolute Gasteiger partial charge is 0.274 e. The number of methoxy groups -OCH3 is 1. The molecule has 1 aliphatic heterocycles. The summed E-state index contributed by atoms with van der Waals surface area (Å²) in [7, 11) is 1.54. The van der Waals surface area contributed by atoms with Crippen molar-refractivity contribution in [2.75, 3.05) is 30.4 Å². The Hall–Kier alpha value is -2.70. The number of pyridine rings is 1. The van der Waals surface area contributed by atoms with E-state index < -0.39 is 0 Å². The minimum atomic E-state index is -0.283. The second-order valence-corrected chi connectivity index (χ2v) is 5.00. The summed E-state index contributed by atoms with van der Waals surface area (Å²) in [5.41, 5.74) is 0.930. The first-order valence-electron chi connectivity index (χ1n) is 7.14. The van der Waals surface area contributed by atoms with Crippen LogP contribution >= 0.6 is 0 Å². The topological polar surface area (TPSA) is 80.2 Å². The van der Waals surface area contributed by atoms with Gasteiger partial charge in [0.05, 0.1) is 19.0 Å². The molecular formula is C15H17N5O2. The second kappa shape index (κ2) is 6.38. The zero-order chi connectivity index (χ0) is 15.4. The highest BCUT2D eigenvalue weighted by Crippen LogP contribution is 2.18. The van der Waals surface area contributed by atoms with Crippen molar-refractivity contribution in [3.05, 3.63) is 36.4 Å². The van der Waals surface area contributed by atoms with Crippen LogP contribution in [0.25, 0.3) is 0 Å². The van der Waals surface area contributed by atoms with E-state index in [4.69, 9.17) is 4.74 Å². The van der Waals surface area contributed by atoms with Crippen molar-refractivity contribution in [3.8, 4) is 5.88 Å². The minimum Gasteiger partial charge on any atom is -0.481 e. The molecule has 114 valence electrons. The summed E-state index contributed by atoms with van der Waals surface area (Å²) in [5.74, 6) is 1.01. The van der Waals surface area contributed by atoms with Gasteiger partial charge >= 0.3 is 0 Å². The highest BCUT2D eigenvalue weighted by molar-refractivity contribution is 6.03. The molecular weight excluding hydrogens is 282 g/mol. The Morgan fingerprint density at radius 1 is 1.23 bits per heavy atom. The van der Waals surface area contributed by atoms with Gasteiger partial charge in [0.1, 0.15) is 17.8 Å². The van der Waals surface area contributed by atoms with Gasteiger partial charge in [-0.15, -0.1) is 0 Å². The van der Waals surface area contributed by atoms with Crippen molar-refractivity contribution in [1.82, 2.24) is 15.0 Å². The maximum atomic E-state index is 12.3. The maximum absolute atomic E-state index is 12.3. The van der Waals surface area contributed by atoms with Crippen molar-refractivity contribution in [2.45, 2.75) is 12.8 Å².